The van der Waals surface area contributed by atoms with E-state index in [2.05, 4.69) is 69.4 Å². The molecule has 0 radical (unpaired) electrons. The molecule has 15 heteroatoms. The van der Waals surface area contributed by atoms with Crippen LogP contribution in [0.4, 0.5) is 23.0 Å². The molecule has 1 atom stereocenters. The van der Waals surface area contributed by atoms with Crippen molar-refractivity contribution >= 4 is 57.8 Å². The molecule has 0 aliphatic carbocycles. The zero-order valence-electron chi connectivity index (χ0n) is 36.6. The number of benzene rings is 5. The van der Waals surface area contributed by atoms with Gasteiger partial charge in [0.15, 0.2) is 23.0 Å². The number of hydrogen-bond donors (Lipinski definition) is 2. The van der Waals surface area contributed by atoms with Crippen molar-refractivity contribution in [2.45, 2.75) is 42.5 Å². The first-order chi connectivity index (χ1) is 31.8. The van der Waals surface area contributed by atoms with Crippen molar-refractivity contribution in [3.63, 3.8) is 0 Å². The molecule has 12 nitrogen and oxygen atoms in total. The second-order valence-corrected chi connectivity index (χ2v) is 15.6. The molecule has 4 heterocycles. The minimum atomic E-state index is -0.0538. The summed E-state index contributed by atoms with van der Waals surface area (Å²) >= 11 is 1.33. The topological polar surface area (TPSA) is 171 Å². The molecule has 328 valence electrons. The number of pyridine rings is 2. The van der Waals surface area contributed by atoms with Crippen LogP contribution in [0.5, 0.6) is 23.0 Å². The minimum absolute atomic E-state index is 0. The minimum Gasteiger partial charge on any atom is -1.00 e. The van der Waals surface area contributed by atoms with Gasteiger partial charge in [-0.15, -0.1) is 0 Å². The molecule has 0 saturated heterocycles. The van der Waals surface area contributed by atoms with Gasteiger partial charge in [-0.05, 0) is 59.5 Å². The molecular weight excluding hydrogens is 937 g/mol. The van der Waals surface area contributed by atoms with Crippen LogP contribution >= 0.6 is 11.8 Å². The third kappa shape index (κ3) is 12.0. The van der Waals surface area contributed by atoms with E-state index in [0.717, 1.165) is 16.9 Å². The number of hydrogen-bond acceptors (Lipinski definition) is 11. The van der Waals surface area contributed by atoms with Gasteiger partial charge in [-0.1, -0.05) is 115 Å². The monoisotopic (exact) mass is 976 g/mol. The van der Waals surface area contributed by atoms with Crippen LogP contribution in [0.2, 0.25) is 0 Å². The second kappa shape index (κ2) is 24.3. The predicted octanol–water partition coefficient (Wildman–Crippen LogP) is 8.54. The molecular formula is C52H41BrMgN8O4S. The number of aromatic nitrogens is 2. The Balaban J connectivity index is 0.000000207. The summed E-state index contributed by atoms with van der Waals surface area (Å²) in [7, 11) is 0. The number of nitrogens with two attached hydrogens (primary N) is 2. The van der Waals surface area contributed by atoms with E-state index < -0.39 is 0 Å². The Kier molecular flexibility index (Phi) is 18.4. The van der Waals surface area contributed by atoms with Crippen molar-refractivity contribution in [1.82, 2.24) is 9.97 Å². The maximum absolute atomic E-state index is 9.99. The van der Waals surface area contributed by atoms with Crippen LogP contribution < -0.4 is 47.4 Å². The van der Waals surface area contributed by atoms with E-state index in [1.165, 1.54) is 17.3 Å². The van der Waals surface area contributed by atoms with Crippen molar-refractivity contribution in [1.29, 1.82) is 10.5 Å². The Hall–Kier alpha value is -7.24. The Morgan fingerprint density at radius 1 is 0.672 bits per heavy atom. The number of rotatable bonds is 9. The molecule has 67 heavy (non-hydrogen) atoms. The average Bonchev–Trinajstić information content (AvgIpc) is 4.02. The van der Waals surface area contributed by atoms with Crippen LogP contribution in [-0.2, 0) is 12.8 Å². The molecule has 4 N–H and O–H groups in total. The number of nitrogen functional groups attached to an aromatic ring is 2. The zero-order valence-corrected chi connectivity index (χ0v) is 40.4. The third-order valence-electron chi connectivity index (χ3n) is 10.3. The van der Waals surface area contributed by atoms with Gasteiger partial charge in [-0.25, -0.2) is 19.7 Å². The molecule has 0 amide bonds. The number of nitriles is 2. The van der Waals surface area contributed by atoms with Crippen LogP contribution in [0.3, 0.4) is 0 Å². The van der Waals surface area contributed by atoms with Gasteiger partial charge >= 0.3 is 23.1 Å². The van der Waals surface area contributed by atoms with Gasteiger partial charge in [0.1, 0.15) is 28.8 Å². The smallest absolute Gasteiger partial charge is 1.00 e. The van der Waals surface area contributed by atoms with Crippen molar-refractivity contribution in [3.05, 3.63) is 185 Å². The van der Waals surface area contributed by atoms with E-state index in [9.17, 15) is 10.5 Å². The quantitative estimate of drug-likeness (QED) is 0.105. The standard InChI is InChI=1S/C23H18N4O2.C20H12N4O2S.C9H11.BrH.Mg/c1-14(10-15-6-4-3-5-7-15)21-17(12-24)20(22(26-2)23(25)27-21)16-8-9-18-19(11-16)29-13-28-18;1-23-18-17(12-7-8-15-16(9-12)26-11-25-15)14(10-21)20(24-19(18)22)27-13-5-3-2-4-6-13;1-2-6-9-7-4-3-5-8-9;;/h3-9,11,14H,10,13H2,1H3,(H2,25,27);2-9H,11H2,(H2,22,24);2-5,7-8H,6H2,1H3;1H;/q;;-1;;+2/p-1. The maximum Gasteiger partial charge on any atom is 2.00 e. The summed E-state index contributed by atoms with van der Waals surface area (Å²) < 4.78 is 21.6. The summed E-state index contributed by atoms with van der Waals surface area (Å²) in [5, 5.41) is 20.3. The summed E-state index contributed by atoms with van der Waals surface area (Å²) in [6.45, 7) is 19.5. The van der Waals surface area contributed by atoms with E-state index >= 15 is 0 Å². The summed E-state index contributed by atoms with van der Waals surface area (Å²) in [5.41, 5.74) is 18.6. The maximum atomic E-state index is 9.99. The first-order valence-corrected chi connectivity index (χ1v) is 21.2. The molecule has 0 bridgehead atoms. The van der Waals surface area contributed by atoms with Crippen molar-refractivity contribution in [2.24, 2.45) is 0 Å². The molecule has 0 saturated carbocycles. The number of nitrogens with zero attached hydrogens (tertiary/aromatic N) is 6. The summed E-state index contributed by atoms with van der Waals surface area (Å²) in [5.74, 6) is 2.58. The molecule has 2 aliphatic heterocycles. The summed E-state index contributed by atoms with van der Waals surface area (Å²) in [6.07, 6.45) is 3.95. The van der Waals surface area contributed by atoms with Gasteiger partial charge in [0.2, 0.25) is 25.0 Å². The van der Waals surface area contributed by atoms with E-state index in [1.807, 2.05) is 79.7 Å². The molecule has 2 aliphatic rings. The largest absolute Gasteiger partial charge is 2.00 e. The molecule has 0 spiro atoms. The first-order valence-electron chi connectivity index (χ1n) is 20.4. The Morgan fingerprint density at radius 2 is 1.13 bits per heavy atom. The van der Waals surface area contributed by atoms with E-state index in [4.69, 9.17) is 43.6 Å². The molecule has 7 aromatic rings. The molecule has 0 fully saturated rings. The van der Waals surface area contributed by atoms with Crippen LogP contribution in [0.25, 0.3) is 31.9 Å². The van der Waals surface area contributed by atoms with Gasteiger partial charge in [0, 0.05) is 21.9 Å². The van der Waals surface area contributed by atoms with Gasteiger partial charge in [-0.3, -0.25) is 0 Å². The van der Waals surface area contributed by atoms with Gasteiger partial charge in [0.25, 0.3) is 0 Å². The fraction of sp³-hybridized carbons (Fsp3) is 0.135. The van der Waals surface area contributed by atoms with E-state index in [0.29, 0.717) is 73.5 Å². The van der Waals surface area contributed by atoms with E-state index in [-0.39, 0.29) is 82.5 Å². The summed E-state index contributed by atoms with van der Waals surface area (Å²) in [6, 6.07) is 45.2. The van der Waals surface area contributed by atoms with E-state index in [1.54, 1.807) is 30.3 Å². The van der Waals surface area contributed by atoms with Crippen molar-refractivity contribution < 1.29 is 35.9 Å². The van der Waals surface area contributed by atoms with Crippen LogP contribution in [0.1, 0.15) is 47.7 Å². The fourth-order valence-electron chi connectivity index (χ4n) is 7.24. The molecule has 2 aromatic heterocycles. The molecule has 1 unspecified atom stereocenters. The normalized spacial score (nSPS) is 11.5. The zero-order chi connectivity index (χ0) is 45.7. The Morgan fingerprint density at radius 3 is 1.63 bits per heavy atom. The molecule has 5 aromatic carbocycles. The second-order valence-electron chi connectivity index (χ2n) is 14.6. The van der Waals surface area contributed by atoms with Crippen LogP contribution in [0.15, 0.2) is 137 Å². The first kappa shape index (κ1) is 50.8. The number of fused-ring (bicyclic) bond motifs is 2. The van der Waals surface area contributed by atoms with Crippen molar-refractivity contribution in [2.75, 3.05) is 25.1 Å². The van der Waals surface area contributed by atoms with Gasteiger partial charge < -0.3 is 53.8 Å². The van der Waals surface area contributed by atoms with Crippen LogP contribution in [0, 0.1) is 42.2 Å². The fourth-order valence-corrected chi connectivity index (χ4v) is 8.15. The Bertz CT molecular complexity index is 3010. The molecule has 9 rings (SSSR count). The third-order valence-corrected chi connectivity index (χ3v) is 11.2. The number of halogens is 1. The predicted molar refractivity (Wildman–Crippen MR) is 257 cm³/mol. The van der Waals surface area contributed by atoms with Crippen LogP contribution in [-0.4, -0.2) is 46.6 Å². The Labute approximate surface area is 421 Å². The average molecular weight is 978 g/mol. The van der Waals surface area contributed by atoms with Gasteiger partial charge in [-0.2, -0.15) is 23.9 Å². The van der Waals surface area contributed by atoms with Gasteiger partial charge in [0.05, 0.1) is 30.0 Å². The van der Waals surface area contributed by atoms with Crippen molar-refractivity contribution in [3.8, 4) is 57.4 Å². The number of anilines is 2. The number of ether oxygens (including phenoxy) is 4. The summed E-state index contributed by atoms with van der Waals surface area (Å²) in [4.78, 5) is 16.8. The SMILES string of the molecule is C[CH-]Cc1ccccc1.[Br-].[C-]#[N+]c1c(N)nc(C(C)Cc2ccccc2)c(C#N)c1-c1ccc2c(c1)OCO2.[C-]#[N+]c1c(N)nc(Sc2ccccc2)c(C#N)c1-c1ccc2c(c1)OCO2.[Mg+2].